The van der Waals surface area contributed by atoms with Crippen molar-refractivity contribution in [1.82, 2.24) is 16.0 Å². The molecule has 2 rings (SSSR count). The number of halogens is 2. The first-order valence-electron chi connectivity index (χ1n) is 9.14. The van der Waals surface area contributed by atoms with Crippen molar-refractivity contribution in [2.24, 2.45) is 10.4 Å². The van der Waals surface area contributed by atoms with Crippen molar-refractivity contribution in [2.45, 2.75) is 33.2 Å². The molecular formula is C19H31BrIN5O. The van der Waals surface area contributed by atoms with Crippen LogP contribution in [0.4, 0.5) is 5.69 Å². The quantitative estimate of drug-likeness (QED) is 0.289. The molecule has 0 aromatic heterocycles. The Bertz CT molecular complexity index is 653. The van der Waals surface area contributed by atoms with E-state index in [0.29, 0.717) is 12.6 Å². The lowest BCUT2D eigenvalue weighted by Crippen LogP contribution is -2.45. The van der Waals surface area contributed by atoms with Gasteiger partial charge in [-0.05, 0) is 55.3 Å². The first-order valence-corrected chi connectivity index (χ1v) is 9.93. The number of guanidine groups is 1. The standard InChI is InChI=1S/C19H30BrN5O.HI/c1-5-22-18(23-13-19(2,3)17(26)21-4)24-14-10-11-25(12-14)16-9-7-6-8-15(16)20;/h6-9,14H,5,10-13H2,1-4H3,(H,21,26)(H2,22,23,24);1H. The van der Waals surface area contributed by atoms with E-state index in [0.717, 1.165) is 36.5 Å². The predicted molar refractivity (Wildman–Crippen MR) is 127 cm³/mol. The van der Waals surface area contributed by atoms with E-state index in [1.165, 1.54) is 5.69 Å². The molecule has 27 heavy (non-hydrogen) atoms. The first kappa shape index (κ1) is 24.0. The van der Waals surface area contributed by atoms with Gasteiger partial charge in [-0.25, -0.2) is 0 Å². The fourth-order valence-corrected chi connectivity index (χ4v) is 3.54. The zero-order valence-electron chi connectivity index (χ0n) is 16.5. The summed E-state index contributed by atoms with van der Waals surface area (Å²) in [5.74, 6) is 0.765. The average molecular weight is 552 g/mol. The SMILES string of the molecule is CCNC(=NCC(C)(C)C(=O)NC)NC1CCN(c2ccccc2Br)C1.I. The smallest absolute Gasteiger partial charge is 0.227 e. The summed E-state index contributed by atoms with van der Waals surface area (Å²) in [5.41, 5.74) is 0.688. The molecular weight excluding hydrogens is 521 g/mol. The number of aliphatic imine (C=N–C) groups is 1. The Balaban J connectivity index is 0.00000364. The second kappa shape index (κ2) is 11.1. The normalized spacial score (nSPS) is 17.3. The fourth-order valence-electron chi connectivity index (χ4n) is 3.01. The van der Waals surface area contributed by atoms with Gasteiger partial charge < -0.3 is 20.9 Å². The topological polar surface area (TPSA) is 68.8 Å². The Hall–Kier alpha value is -1.03. The lowest BCUT2D eigenvalue weighted by Gasteiger charge is -2.23. The minimum Gasteiger partial charge on any atom is -0.368 e. The molecule has 0 aliphatic carbocycles. The van der Waals surface area contributed by atoms with E-state index in [4.69, 9.17) is 0 Å². The lowest BCUT2D eigenvalue weighted by molar-refractivity contribution is -0.128. The van der Waals surface area contributed by atoms with E-state index in [9.17, 15) is 4.79 Å². The second-order valence-electron chi connectivity index (χ2n) is 7.19. The van der Waals surface area contributed by atoms with Gasteiger partial charge in [-0.1, -0.05) is 12.1 Å². The number of nitrogens with one attached hydrogen (secondary N) is 3. The van der Waals surface area contributed by atoms with Crippen LogP contribution >= 0.6 is 39.9 Å². The molecule has 1 aromatic carbocycles. The van der Waals surface area contributed by atoms with Crippen molar-refractivity contribution >= 4 is 57.5 Å². The molecule has 152 valence electrons. The molecule has 6 nitrogen and oxygen atoms in total. The Morgan fingerprint density at radius 3 is 2.70 bits per heavy atom. The van der Waals surface area contributed by atoms with E-state index in [2.05, 4.69) is 60.0 Å². The van der Waals surface area contributed by atoms with Crippen LogP contribution in [0, 0.1) is 5.41 Å². The monoisotopic (exact) mass is 551 g/mol. The first-order chi connectivity index (χ1) is 12.4. The van der Waals surface area contributed by atoms with Crippen molar-refractivity contribution in [1.29, 1.82) is 0 Å². The van der Waals surface area contributed by atoms with Crippen LogP contribution in [0.2, 0.25) is 0 Å². The van der Waals surface area contributed by atoms with Gasteiger partial charge in [0.2, 0.25) is 5.91 Å². The van der Waals surface area contributed by atoms with Crippen LogP contribution in [0.25, 0.3) is 0 Å². The van der Waals surface area contributed by atoms with Crippen LogP contribution in [-0.2, 0) is 4.79 Å². The van der Waals surface area contributed by atoms with Gasteiger partial charge in [0.05, 0.1) is 17.6 Å². The van der Waals surface area contributed by atoms with Gasteiger partial charge in [0.15, 0.2) is 5.96 Å². The third-order valence-electron chi connectivity index (χ3n) is 4.54. The number of hydrogen-bond acceptors (Lipinski definition) is 3. The molecule has 1 saturated heterocycles. The summed E-state index contributed by atoms with van der Waals surface area (Å²) in [4.78, 5) is 19.0. The Morgan fingerprint density at radius 2 is 2.07 bits per heavy atom. The molecule has 0 radical (unpaired) electrons. The summed E-state index contributed by atoms with van der Waals surface area (Å²) in [6.07, 6.45) is 1.05. The fraction of sp³-hybridized carbons (Fsp3) is 0.579. The van der Waals surface area contributed by atoms with Crippen molar-refractivity contribution in [3.05, 3.63) is 28.7 Å². The summed E-state index contributed by atoms with van der Waals surface area (Å²) in [6.45, 7) is 9.00. The van der Waals surface area contributed by atoms with Crippen molar-refractivity contribution < 1.29 is 4.79 Å². The molecule has 1 heterocycles. The highest BCUT2D eigenvalue weighted by Gasteiger charge is 2.27. The summed E-state index contributed by atoms with van der Waals surface area (Å²) in [7, 11) is 1.66. The predicted octanol–water partition coefficient (Wildman–Crippen LogP) is 2.97. The van der Waals surface area contributed by atoms with Gasteiger partial charge in [0.25, 0.3) is 0 Å². The van der Waals surface area contributed by atoms with Crippen molar-refractivity contribution in [3.63, 3.8) is 0 Å². The zero-order chi connectivity index (χ0) is 19.2. The van der Waals surface area contributed by atoms with Crippen LogP contribution in [0.5, 0.6) is 0 Å². The maximum atomic E-state index is 11.9. The second-order valence-corrected chi connectivity index (χ2v) is 8.04. The molecule has 1 atom stereocenters. The number of benzene rings is 1. The molecule has 3 N–H and O–H groups in total. The molecule has 1 aromatic rings. The van der Waals surface area contributed by atoms with Crippen LogP contribution in [0.1, 0.15) is 27.2 Å². The Kier molecular flexibility index (Phi) is 9.86. The van der Waals surface area contributed by atoms with Gasteiger partial charge in [0, 0.05) is 37.2 Å². The molecule has 8 heteroatoms. The van der Waals surface area contributed by atoms with E-state index >= 15 is 0 Å². The molecule has 1 fully saturated rings. The summed E-state index contributed by atoms with van der Waals surface area (Å²) < 4.78 is 1.12. The lowest BCUT2D eigenvalue weighted by atomic mass is 9.93. The molecule has 1 aliphatic heterocycles. The number of carbonyl (C=O) groups excluding carboxylic acids is 1. The number of anilines is 1. The maximum Gasteiger partial charge on any atom is 0.227 e. The number of nitrogens with zero attached hydrogens (tertiary/aromatic N) is 2. The van der Waals surface area contributed by atoms with E-state index < -0.39 is 5.41 Å². The van der Waals surface area contributed by atoms with Gasteiger partial charge in [-0.15, -0.1) is 24.0 Å². The molecule has 1 unspecified atom stereocenters. The minimum absolute atomic E-state index is 0. The van der Waals surface area contributed by atoms with Crippen LogP contribution < -0.4 is 20.9 Å². The third-order valence-corrected chi connectivity index (χ3v) is 5.21. The maximum absolute atomic E-state index is 11.9. The van der Waals surface area contributed by atoms with Gasteiger partial charge in [0.1, 0.15) is 0 Å². The highest BCUT2D eigenvalue weighted by Crippen LogP contribution is 2.28. The largest absolute Gasteiger partial charge is 0.368 e. The molecule has 0 bridgehead atoms. The van der Waals surface area contributed by atoms with Crippen LogP contribution in [-0.4, -0.2) is 51.1 Å². The highest BCUT2D eigenvalue weighted by molar-refractivity contribution is 14.0. The molecule has 0 saturated carbocycles. The molecule has 0 spiro atoms. The van der Waals surface area contributed by atoms with E-state index in [1.54, 1.807) is 7.05 Å². The number of para-hydroxylation sites is 1. The summed E-state index contributed by atoms with van der Waals surface area (Å²) >= 11 is 3.63. The van der Waals surface area contributed by atoms with Crippen molar-refractivity contribution in [2.75, 3.05) is 38.1 Å². The minimum atomic E-state index is -0.534. The summed E-state index contributed by atoms with van der Waals surface area (Å²) in [6, 6.07) is 8.62. The van der Waals surface area contributed by atoms with E-state index in [1.807, 2.05) is 26.8 Å². The average Bonchev–Trinajstić information content (AvgIpc) is 3.08. The zero-order valence-corrected chi connectivity index (χ0v) is 20.4. The Morgan fingerprint density at radius 1 is 1.37 bits per heavy atom. The summed E-state index contributed by atoms with van der Waals surface area (Å²) in [5, 5.41) is 9.50. The third kappa shape index (κ3) is 6.81. The van der Waals surface area contributed by atoms with Crippen LogP contribution in [0.3, 0.4) is 0 Å². The van der Waals surface area contributed by atoms with E-state index in [-0.39, 0.29) is 29.9 Å². The van der Waals surface area contributed by atoms with Gasteiger partial charge >= 0.3 is 0 Å². The molecule has 1 amide bonds. The van der Waals surface area contributed by atoms with Crippen LogP contribution in [0.15, 0.2) is 33.7 Å². The number of rotatable bonds is 6. The molecule has 1 aliphatic rings. The number of hydrogen-bond donors (Lipinski definition) is 3. The van der Waals surface area contributed by atoms with Gasteiger partial charge in [-0.3, -0.25) is 9.79 Å². The van der Waals surface area contributed by atoms with Gasteiger partial charge in [-0.2, -0.15) is 0 Å². The van der Waals surface area contributed by atoms with Crippen molar-refractivity contribution in [3.8, 4) is 0 Å². The Labute approximate surface area is 188 Å². The number of amides is 1. The number of carbonyl (C=O) groups is 1. The highest BCUT2D eigenvalue weighted by atomic mass is 127.